The summed E-state index contributed by atoms with van der Waals surface area (Å²) >= 11 is 3.44. The number of benzene rings is 2. The highest BCUT2D eigenvalue weighted by Crippen LogP contribution is 2.28. The van der Waals surface area contributed by atoms with E-state index in [0.29, 0.717) is 23.7 Å². The van der Waals surface area contributed by atoms with Crippen LogP contribution in [0.25, 0.3) is 0 Å². The highest BCUT2D eigenvalue weighted by atomic mass is 79.9. The first-order valence-corrected chi connectivity index (χ1v) is 12.2. The normalized spacial score (nSPS) is 14.9. The van der Waals surface area contributed by atoms with Crippen LogP contribution in [0, 0.1) is 13.8 Å². The number of carbonyl (C=O) groups is 3. The van der Waals surface area contributed by atoms with Gasteiger partial charge in [0.25, 0.3) is 5.91 Å². The van der Waals surface area contributed by atoms with Gasteiger partial charge < -0.3 is 24.8 Å². The van der Waals surface area contributed by atoms with Gasteiger partial charge in [0.15, 0.2) is 18.1 Å². The van der Waals surface area contributed by atoms with Crippen LogP contribution in [0.5, 0.6) is 11.5 Å². The summed E-state index contributed by atoms with van der Waals surface area (Å²) in [6, 6.07) is 8.77. The number of ether oxygens (including phenoxy) is 3. The number of anilines is 1. The van der Waals surface area contributed by atoms with Gasteiger partial charge in [-0.3, -0.25) is 14.4 Å². The molecule has 11 heteroatoms. The molecule has 192 valence electrons. The number of halogens is 1. The minimum absolute atomic E-state index is 0.0569. The monoisotopic (exact) mass is 560 g/mol. The Bertz CT molecular complexity index is 1120. The minimum atomic E-state index is -0.876. The van der Waals surface area contributed by atoms with E-state index in [1.807, 2.05) is 26.0 Å². The van der Waals surface area contributed by atoms with E-state index in [4.69, 9.17) is 14.2 Å². The van der Waals surface area contributed by atoms with Gasteiger partial charge in [0.2, 0.25) is 0 Å². The minimum Gasteiger partial charge on any atom is -0.493 e. The summed E-state index contributed by atoms with van der Waals surface area (Å²) in [6.45, 7) is 4.57. The number of hydrogen-bond donors (Lipinski definition) is 3. The number of hydrazone groups is 1. The van der Waals surface area contributed by atoms with Gasteiger partial charge in [-0.15, -0.1) is 0 Å². The zero-order valence-electron chi connectivity index (χ0n) is 20.4. The maximum atomic E-state index is 12.4. The van der Waals surface area contributed by atoms with Crippen LogP contribution in [0.4, 0.5) is 5.69 Å². The van der Waals surface area contributed by atoms with Gasteiger partial charge in [-0.05, 0) is 73.7 Å². The molecule has 0 aliphatic carbocycles. The van der Waals surface area contributed by atoms with Crippen LogP contribution in [0.1, 0.15) is 29.5 Å². The summed E-state index contributed by atoms with van der Waals surface area (Å²) in [7, 11) is 1.47. The van der Waals surface area contributed by atoms with E-state index in [2.05, 4.69) is 37.1 Å². The smallest absolute Gasteiger partial charge is 0.329 e. The van der Waals surface area contributed by atoms with Crippen LogP contribution in [-0.2, 0) is 19.1 Å². The van der Waals surface area contributed by atoms with Gasteiger partial charge in [0.05, 0.1) is 19.4 Å². The molecule has 3 amide bonds. The number of nitrogens with zero attached hydrogens (tertiary/aromatic N) is 1. The van der Waals surface area contributed by atoms with E-state index in [1.54, 1.807) is 18.2 Å². The lowest BCUT2D eigenvalue weighted by molar-refractivity contribution is -0.139. The molecule has 2 aromatic carbocycles. The number of methoxy groups -OCH3 is 1. The molecule has 0 saturated carbocycles. The second-order valence-electron chi connectivity index (χ2n) is 8.21. The molecule has 0 aromatic heterocycles. The molecular formula is C25H29BrN4O6. The predicted octanol–water partition coefficient (Wildman–Crippen LogP) is 2.84. The van der Waals surface area contributed by atoms with E-state index in [0.717, 1.165) is 34.1 Å². The molecule has 1 fully saturated rings. The van der Waals surface area contributed by atoms with E-state index in [1.165, 1.54) is 13.3 Å². The fourth-order valence-corrected chi connectivity index (χ4v) is 4.31. The van der Waals surface area contributed by atoms with Gasteiger partial charge >= 0.3 is 11.8 Å². The van der Waals surface area contributed by atoms with E-state index < -0.39 is 11.8 Å². The Morgan fingerprint density at radius 1 is 1.14 bits per heavy atom. The third-order valence-corrected chi connectivity index (χ3v) is 5.87. The molecule has 0 bridgehead atoms. The zero-order valence-corrected chi connectivity index (χ0v) is 21.9. The van der Waals surface area contributed by atoms with Crippen LogP contribution in [0.15, 0.2) is 39.9 Å². The summed E-state index contributed by atoms with van der Waals surface area (Å²) in [5, 5.41) is 9.21. The highest BCUT2D eigenvalue weighted by molar-refractivity contribution is 9.10. The Kier molecular flexibility index (Phi) is 9.83. The molecule has 36 heavy (non-hydrogen) atoms. The Hall–Kier alpha value is -3.44. The van der Waals surface area contributed by atoms with Crippen molar-refractivity contribution in [2.45, 2.75) is 32.8 Å². The fourth-order valence-electron chi connectivity index (χ4n) is 3.62. The Balaban J connectivity index is 1.50. The SMILES string of the molecule is COc1cc(/C=N\NC(=O)C(=O)NC[C@@H]2CCCO2)ccc1OCC(=O)Nc1c(C)cc(Br)cc1C. The molecule has 3 rings (SSSR count). The first-order chi connectivity index (χ1) is 17.3. The average Bonchev–Trinajstić information content (AvgIpc) is 3.37. The zero-order chi connectivity index (χ0) is 26.1. The molecule has 1 heterocycles. The van der Waals surface area contributed by atoms with Crippen molar-refractivity contribution in [1.29, 1.82) is 0 Å². The predicted molar refractivity (Wildman–Crippen MR) is 138 cm³/mol. The van der Waals surface area contributed by atoms with Gasteiger partial charge in [0.1, 0.15) is 0 Å². The van der Waals surface area contributed by atoms with Crippen molar-refractivity contribution in [3.8, 4) is 11.5 Å². The molecule has 1 saturated heterocycles. The summed E-state index contributed by atoms with van der Waals surface area (Å²) < 4.78 is 17.3. The molecule has 2 aromatic rings. The van der Waals surface area contributed by atoms with Gasteiger partial charge in [-0.1, -0.05) is 15.9 Å². The molecule has 0 unspecified atom stereocenters. The molecular weight excluding hydrogens is 532 g/mol. The lowest BCUT2D eigenvalue weighted by Gasteiger charge is -2.14. The lowest BCUT2D eigenvalue weighted by Crippen LogP contribution is -2.41. The van der Waals surface area contributed by atoms with E-state index in [9.17, 15) is 14.4 Å². The summed E-state index contributed by atoms with van der Waals surface area (Å²) in [6.07, 6.45) is 3.11. The van der Waals surface area contributed by atoms with Crippen LogP contribution in [0.3, 0.4) is 0 Å². The molecule has 1 aliphatic heterocycles. The molecule has 1 atom stereocenters. The first-order valence-electron chi connectivity index (χ1n) is 11.4. The number of carbonyl (C=O) groups excluding carboxylic acids is 3. The lowest BCUT2D eigenvalue weighted by atomic mass is 10.1. The van der Waals surface area contributed by atoms with Crippen molar-refractivity contribution in [2.24, 2.45) is 5.10 Å². The third kappa shape index (κ3) is 7.79. The number of aryl methyl sites for hydroxylation is 2. The van der Waals surface area contributed by atoms with E-state index >= 15 is 0 Å². The largest absolute Gasteiger partial charge is 0.493 e. The molecule has 0 radical (unpaired) electrons. The van der Waals surface area contributed by atoms with Crippen molar-refractivity contribution >= 4 is 45.6 Å². The Morgan fingerprint density at radius 3 is 2.56 bits per heavy atom. The highest BCUT2D eigenvalue weighted by Gasteiger charge is 2.19. The molecule has 1 aliphatic rings. The van der Waals surface area contributed by atoms with Crippen molar-refractivity contribution in [3.63, 3.8) is 0 Å². The standard InChI is InChI=1S/C25H29BrN4O6/c1-15-9-18(26)10-16(2)23(15)29-22(31)14-36-20-7-6-17(11-21(20)34-3)12-28-30-25(33)24(32)27-13-19-5-4-8-35-19/h6-7,9-12,19H,4-5,8,13-14H2,1-3H3,(H,27,32)(H,29,31)(H,30,33)/b28-12-/t19-/m0/s1. The maximum absolute atomic E-state index is 12.4. The number of amides is 3. The molecule has 0 spiro atoms. The quantitative estimate of drug-likeness (QED) is 0.246. The molecule has 10 nitrogen and oxygen atoms in total. The second kappa shape index (κ2) is 13.0. The van der Waals surface area contributed by atoms with Gasteiger partial charge in [0, 0.05) is 23.3 Å². The number of hydrogen-bond acceptors (Lipinski definition) is 7. The molecule has 3 N–H and O–H groups in total. The van der Waals surface area contributed by atoms with Gasteiger partial charge in [-0.2, -0.15) is 5.10 Å². The third-order valence-electron chi connectivity index (χ3n) is 5.41. The summed E-state index contributed by atoms with van der Waals surface area (Å²) in [5.74, 6) is -1.22. The fraction of sp³-hybridized carbons (Fsp3) is 0.360. The van der Waals surface area contributed by atoms with Gasteiger partial charge in [-0.25, -0.2) is 5.43 Å². The average molecular weight is 561 g/mol. The number of nitrogens with one attached hydrogen (secondary N) is 3. The first kappa shape index (κ1) is 27.2. The van der Waals surface area contributed by atoms with Crippen molar-refractivity contribution in [1.82, 2.24) is 10.7 Å². The summed E-state index contributed by atoms with van der Waals surface area (Å²) in [5.41, 5.74) is 5.38. The van der Waals surface area contributed by atoms with Crippen LogP contribution < -0.4 is 25.5 Å². The summed E-state index contributed by atoms with van der Waals surface area (Å²) in [4.78, 5) is 36.2. The van der Waals surface area contributed by atoms with Crippen LogP contribution in [0.2, 0.25) is 0 Å². The van der Waals surface area contributed by atoms with E-state index in [-0.39, 0.29) is 25.2 Å². The second-order valence-corrected chi connectivity index (χ2v) is 9.12. The maximum Gasteiger partial charge on any atom is 0.329 e. The Labute approximate surface area is 217 Å². The topological polar surface area (TPSA) is 127 Å². The van der Waals surface area contributed by atoms with Crippen LogP contribution >= 0.6 is 15.9 Å². The van der Waals surface area contributed by atoms with Crippen LogP contribution in [-0.4, -0.2) is 56.9 Å². The van der Waals surface area contributed by atoms with Crippen molar-refractivity contribution < 1.29 is 28.6 Å². The number of rotatable bonds is 9. The van der Waals surface area contributed by atoms with Crippen molar-refractivity contribution in [3.05, 3.63) is 51.5 Å². The Morgan fingerprint density at radius 2 is 1.89 bits per heavy atom. The van der Waals surface area contributed by atoms with Crippen molar-refractivity contribution in [2.75, 3.05) is 32.2 Å².